The van der Waals surface area contributed by atoms with Gasteiger partial charge in [0.25, 0.3) is 0 Å². The van der Waals surface area contributed by atoms with Gasteiger partial charge in [-0.2, -0.15) is 0 Å². The van der Waals surface area contributed by atoms with Crippen molar-refractivity contribution in [1.82, 2.24) is 0 Å². The van der Waals surface area contributed by atoms with Crippen LogP contribution >= 0.6 is 0 Å². The second kappa shape index (κ2) is 4.71. The zero-order valence-corrected chi connectivity index (χ0v) is 6.86. The minimum atomic E-state index is -1.09. The monoisotopic (exact) mass is 175 g/mol. The molecular weight excluding hydrogens is 162 g/mol. The van der Waals surface area contributed by atoms with Gasteiger partial charge in [0.15, 0.2) is 0 Å². The van der Waals surface area contributed by atoms with E-state index in [1.165, 1.54) is 0 Å². The molecule has 70 valence electrons. The Hall–Kier alpha value is -1.10. The van der Waals surface area contributed by atoms with Crippen molar-refractivity contribution in [2.45, 2.75) is 25.8 Å². The second-order valence-corrected chi connectivity index (χ2v) is 2.88. The molecule has 0 bridgehead atoms. The zero-order chi connectivity index (χ0) is 9.72. The van der Waals surface area contributed by atoms with Crippen LogP contribution in [0.5, 0.6) is 0 Å². The summed E-state index contributed by atoms with van der Waals surface area (Å²) in [7, 11) is 0. The van der Waals surface area contributed by atoms with Crippen LogP contribution in [0.15, 0.2) is 0 Å². The van der Waals surface area contributed by atoms with Gasteiger partial charge in [0.2, 0.25) is 0 Å². The molecule has 5 nitrogen and oxygen atoms in total. The summed E-state index contributed by atoms with van der Waals surface area (Å²) < 4.78 is 0. The van der Waals surface area contributed by atoms with Gasteiger partial charge < -0.3 is 15.9 Å². The number of carboxylic acids is 2. The summed E-state index contributed by atoms with van der Waals surface area (Å²) in [4.78, 5) is 20.4. The third-order valence-electron chi connectivity index (χ3n) is 1.50. The van der Waals surface area contributed by atoms with Gasteiger partial charge in [0, 0.05) is 6.42 Å². The van der Waals surface area contributed by atoms with Gasteiger partial charge in [-0.3, -0.25) is 9.59 Å². The molecule has 0 spiro atoms. The molecule has 0 fully saturated rings. The molecule has 0 radical (unpaired) electrons. The van der Waals surface area contributed by atoms with E-state index in [4.69, 9.17) is 15.9 Å². The standard InChI is InChI=1S/C7H13NO4/c1-4(3-6(9)10)2-5(8)7(11)12/h4-5H,2-3,8H2,1H3,(H,9,10)(H,11,12)/t4-,5+/m1/s1. The number of carboxylic acid groups (broad SMARTS) is 2. The fraction of sp³-hybridized carbons (Fsp3) is 0.714. The van der Waals surface area contributed by atoms with Crippen LogP contribution in [0, 0.1) is 5.92 Å². The average molecular weight is 175 g/mol. The number of carbonyl (C=O) groups is 2. The quantitative estimate of drug-likeness (QED) is 0.541. The van der Waals surface area contributed by atoms with E-state index in [0.29, 0.717) is 0 Å². The Balaban J connectivity index is 3.76. The summed E-state index contributed by atoms with van der Waals surface area (Å²) >= 11 is 0. The van der Waals surface area contributed by atoms with Crippen LogP contribution in [0.2, 0.25) is 0 Å². The normalized spacial score (nSPS) is 15.2. The van der Waals surface area contributed by atoms with Gasteiger partial charge in [-0.05, 0) is 12.3 Å². The fourth-order valence-corrected chi connectivity index (χ4v) is 0.916. The summed E-state index contributed by atoms with van der Waals surface area (Å²) in [5, 5.41) is 16.7. The molecule has 12 heavy (non-hydrogen) atoms. The maximum atomic E-state index is 10.2. The maximum absolute atomic E-state index is 10.2. The minimum Gasteiger partial charge on any atom is -0.481 e. The fourth-order valence-electron chi connectivity index (χ4n) is 0.916. The topological polar surface area (TPSA) is 101 Å². The second-order valence-electron chi connectivity index (χ2n) is 2.88. The van der Waals surface area contributed by atoms with Gasteiger partial charge in [0.1, 0.15) is 6.04 Å². The average Bonchev–Trinajstić information content (AvgIpc) is 1.84. The van der Waals surface area contributed by atoms with E-state index >= 15 is 0 Å². The highest BCUT2D eigenvalue weighted by Crippen LogP contribution is 2.09. The Kier molecular flexibility index (Phi) is 4.28. The summed E-state index contributed by atoms with van der Waals surface area (Å²) in [5.41, 5.74) is 5.20. The Labute approximate surface area is 70.2 Å². The molecular formula is C7H13NO4. The molecule has 0 amide bonds. The number of aliphatic carboxylic acids is 2. The van der Waals surface area contributed by atoms with Crippen LogP contribution < -0.4 is 5.73 Å². The molecule has 0 rings (SSSR count). The zero-order valence-electron chi connectivity index (χ0n) is 6.86. The summed E-state index contributed by atoms with van der Waals surface area (Å²) in [6, 6.07) is -0.959. The Morgan fingerprint density at radius 1 is 1.42 bits per heavy atom. The van der Waals surface area contributed by atoms with Crippen molar-refractivity contribution >= 4 is 11.9 Å². The lowest BCUT2D eigenvalue weighted by Gasteiger charge is -2.11. The molecule has 0 aromatic rings. The first-order valence-electron chi connectivity index (χ1n) is 3.63. The van der Waals surface area contributed by atoms with E-state index in [1.54, 1.807) is 6.92 Å². The van der Waals surface area contributed by atoms with Crippen LogP contribution in [0.25, 0.3) is 0 Å². The first kappa shape index (κ1) is 10.9. The highest BCUT2D eigenvalue weighted by Gasteiger charge is 2.17. The SMILES string of the molecule is C[C@@H](CC(=O)O)C[C@H](N)C(=O)O. The molecule has 0 aromatic heterocycles. The van der Waals surface area contributed by atoms with E-state index in [1.807, 2.05) is 0 Å². The van der Waals surface area contributed by atoms with Crippen LogP contribution in [0.1, 0.15) is 19.8 Å². The van der Waals surface area contributed by atoms with Gasteiger partial charge in [0.05, 0.1) is 0 Å². The number of hydrogen-bond donors (Lipinski definition) is 3. The predicted octanol–water partition coefficient (Wildman–Crippen LogP) is -0.101. The first-order valence-corrected chi connectivity index (χ1v) is 3.63. The third kappa shape index (κ3) is 4.68. The largest absolute Gasteiger partial charge is 0.481 e. The number of nitrogens with two attached hydrogens (primary N) is 1. The van der Waals surface area contributed by atoms with Crippen molar-refractivity contribution in [3.63, 3.8) is 0 Å². The molecule has 5 heteroatoms. The van der Waals surface area contributed by atoms with Gasteiger partial charge in [-0.1, -0.05) is 6.92 Å². The third-order valence-corrected chi connectivity index (χ3v) is 1.50. The Bertz CT molecular complexity index is 180. The lowest BCUT2D eigenvalue weighted by molar-refractivity contribution is -0.141. The van der Waals surface area contributed by atoms with E-state index in [0.717, 1.165) is 0 Å². The summed E-state index contributed by atoms with van der Waals surface area (Å²) in [6.07, 6.45) is 0.155. The van der Waals surface area contributed by atoms with Gasteiger partial charge >= 0.3 is 11.9 Å². The van der Waals surface area contributed by atoms with Crippen LogP contribution in [-0.4, -0.2) is 28.2 Å². The highest BCUT2D eigenvalue weighted by atomic mass is 16.4. The van der Waals surface area contributed by atoms with Crippen LogP contribution in [0.3, 0.4) is 0 Å². The molecule has 0 saturated carbocycles. The van der Waals surface area contributed by atoms with Crippen molar-refractivity contribution in [3.8, 4) is 0 Å². The Morgan fingerprint density at radius 2 is 1.92 bits per heavy atom. The van der Waals surface area contributed by atoms with E-state index < -0.39 is 18.0 Å². The maximum Gasteiger partial charge on any atom is 0.320 e. The predicted molar refractivity (Wildman–Crippen MR) is 41.6 cm³/mol. The molecule has 0 heterocycles. The number of rotatable bonds is 5. The summed E-state index contributed by atoms with van der Waals surface area (Å²) in [6.45, 7) is 1.66. The van der Waals surface area contributed by atoms with Crippen molar-refractivity contribution in [1.29, 1.82) is 0 Å². The smallest absolute Gasteiger partial charge is 0.320 e. The molecule has 0 aliphatic carbocycles. The van der Waals surface area contributed by atoms with Crippen molar-refractivity contribution in [2.24, 2.45) is 11.7 Å². The number of hydrogen-bond acceptors (Lipinski definition) is 3. The van der Waals surface area contributed by atoms with E-state index in [-0.39, 0.29) is 18.8 Å². The van der Waals surface area contributed by atoms with Crippen LogP contribution in [-0.2, 0) is 9.59 Å². The lowest BCUT2D eigenvalue weighted by atomic mass is 9.99. The molecule has 0 saturated heterocycles. The lowest BCUT2D eigenvalue weighted by Crippen LogP contribution is -2.32. The van der Waals surface area contributed by atoms with Crippen LogP contribution in [0.4, 0.5) is 0 Å². The van der Waals surface area contributed by atoms with E-state index in [2.05, 4.69) is 0 Å². The van der Waals surface area contributed by atoms with Gasteiger partial charge in [-0.15, -0.1) is 0 Å². The molecule has 0 aromatic carbocycles. The van der Waals surface area contributed by atoms with E-state index in [9.17, 15) is 9.59 Å². The molecule has 0 aliphatic rings. The highest BCUT2D eigenvalue weighted by molar-refractivity contribution is 5.73. The van der Waals surface area contributed by atoms with Crippen molar-refractivity contribution < 1.29 is 19.8 Å². The first-order chi connectivity index (χ1) is 5.43. The molecule has 2 atom stereocenters. The minimum absolute atomic E-state index is 0.0407. The molecule has 0 aliphatic heterocycles. The van der Waals surface area contributed by atoms with Crippen molar-refractivity contribution in [2.75, 3.05) is 0 Å². The Morgan fingerprint density at radius 3 is 2.25 bits per heavy atom. The molecule has 4 N–H and O–H groups in total. The summed E-state index contributed by atoms with van der Waals surface area (Å²) in [5.74, 6) is -2.22. The van der Waals surface area contributed by atoms with Gasteiger partial charge in [-0.25, -0.2) is 0 Å². The van der Waals surface area contributed by atoms with Crippen molar-refractivity contribution in [3.05, 3.63) is 0 Å². The molecule has 0 unspecified atom stereocenters.